The first-order chi connectivity index (χ1) is 8.19. The molecule has 0 aromatic carbocycles. The zero-order chi connectivity index (χ0) is 13.9. The fraction of sp³-hybridized carbons (Fsp3) is 0.600. The van der Waals surface area contributed by atoms with Gasteiger partial charge < -0.3 is 21.7 Å². The molecule has 1 aromatic heterocycles. The molecular weight excluding hydrogens is 234 g/mol. The van der Waals surface area contributed by atoms with Crippen LogP contribution in [0.3, 0.4) is 0 Å². The Balaban J connectivity index is 2.93. The minimum Gasteiger partial charge on any atom is -0.370 e. The summed E-state index contributed by atoms with van der Waals surface area (Å²) in [6.07, 6.45) is 0.163. The Hall–Kier alpha value is -2.12. The van der Waals surface area contributed by atoms with Gasteiger partial charge in [0.2, 0.25) is 23.8 Å². The largest absolute Gasteiger partial charge is 0.370 e. The topological polar surface area (TPSA) is 123 Å². The molecule has 0 fully saturated rings. The maximum absolute atomic E-state index is 10.9. The minimum absolute atomic E-state index is 0.117. The van der Waals surface area contributed by atoms with Gasteiger partial charge in [-0.05, 0) is 13.8 Å². The molecule has 0 bridgehead atoms. The van der Waals surface area contributed by atoms with Crippen molar-refractivity contribution in [3.63, 3.8) is 0 Å². The lowest BCUT2D eigenvalue weighted by atomic mass is 10.0. The zero-order valence-corrected chi connectivity index (χ0v) is 11.1. The predicted molar refractivity (Wildman–Crippen MR) is 70.1 cm³/mol. The van der Waals surface area contributed by atoms with Crippen molar-refractivity contribution in [3.05, 3.63) is 0 Å². The van der Waals surface area contributed by atoms with Gasteiger partial charge in [0, 0.05) is 26.1 Å². The first-order valence-electron chi connectivity index (χ1n) is 5.45. The van der Waals surface area contributed by atoms with Gasteiger partial charge in [-0.25, -0.2) is 0 Å². The van der Waals surface area contributed by atoms with Crippen molar-refractivity contribution in [3.8, 4) is 0 Å². The van der Waals surface area contributed by atoms with E-state index in [0.29, 0.717) is 11.9 Å². The number of carbonyl (C=O) groups excluding carboxylic acids is 1. The average molecular weight is 253 g/mol. The second-order valence-corrected chi connectivity index (χ2v) is 4.86. The average Bonchev–Trinajstić information content (AvgIpc) is 2.12. The van der Waals surface area contributed by atoms with E-state index < -0.39 is 11.4 Å². The van der Waals surface area contributed by atoms with Crippen LogP contribution in [0.5, 0.6) is 0 Å². The molecule has 1 aromatic rings. The van der Waals surface area contributed by atoms with Crippen LogP contribution in [0.15, 0.2) is 0 Å². The van der Waals surface area contributed by atoms with Crippen molar-refractivity contribution < 1.29 is 4.79 Å². The number of rotatable bonds is 5. The van der Waals surface area contributed by atoms with Crippen molar-refractivity contribution in [2.24, 2.45) is 5.73 Å². The smallest absolute Gasteiger partial charge is 0.231 e. The molecule has 18 heavy (non-hydrogen) atoms. The highest BCUT2D eigenvalue weighted by Crippen LogP contribution is 2.16. The quantitative estimate of drug-likeness (QED) is 0.651. The summed E-state index contributed by atoms with van der Waals surface area (Å²) >= 11 is 0. The normalized spacial score (nSPS) is 11.1. The molecule has 0 unspecified atom stereocenters. The molecule has 8 nitrogen and oxygen atoms in total. The Labute approximate surface area is 106 Å². The van der Waals surface area contributed by atoms with Crippen molar-refractivity contribution in [2.45, 2.75) is 25.8 Å². The lowest BCUT2D eigenvalue weighted by Crippen LogP contribution is -2.37. The van der Waals surface area contributed by atoms with E-state index in [0.717, 1.165) is 0 Å². The van der Waals surface area contributed by atoms with Crippen molar-refractivity contribution in [2.75, 3.05) is 30.0 Å². The molecule has 0 aliphatic carbocycles. The lowest BCUT2D eigenvalue weighted by molar-refractivity contribution is -0.118. The summed E-state index contributed by atoms with van der Waals surface area (Å²) < 4.78 is 0. The number of aromatic nitrogens is 3. The monoisotopic (exact) mass is 253 g/mol. The van der Waals surface area contributed by atoms with Crippen LogP contribution in [0.25, 0.3) is 0 Å². The lowest BCUT2D eigenvalue weighted by Gasteiger charge is -2.25. The van der Waals surface area contributed by atoms with Gasteiger partial charge in [0.05, 0.1) is 0 Å². The van der Waals surface area contributed by atoms with Crippen LogP contribution in [0.4, 0.5) is 17.8 Å². The number of hydrogen-bond acceptors (Lipinski definition) is 7. The van der Waals surface area contributed by atoms with Gasteiger partial charge in [0.1, 0.15) is 0 Å². The summed E-state index contributed by atoms with van der Waals surface area (Å²) in [5.74, 6) is 0.478. The highest BCUT2D eigenvalue weighted by Gasteiger charge is 2.22. The van der Waals surface area contributed by atoms with Gasteiger partial charge in [0.25, 0.3) is 0 Å². The first kappa shape index (κ1) is 13.9. The number of hydrogen-bond donors (Lipinski definition) is 3. The molecule has 0 atom stereocenters. The summed E-state index contributed by atoms with van der Waals surface area (Å²) in [6, 6.07) is 0. The van der Waals surface area contributed by atoms with Gasteiger partial charge in [-0.1, -0.05) is 0 Å². The fourth-order valence-electron chi connectivity index (χ4n) is 1.42. The van der Waals surface area contributed by atoms with E-state index in [1.807, 2.05) is 13.8 Å². The van der Waals surface area contributed by atoms with E-state index in [1.165, 1.54) is 0 Å². The third-order valence-electron chi connectivity index (χ3n) is 2.11. The third-order valence-corrected chi connectivity index (χ3v) is 2.11. The molecule has 1 heterocycles. The Bertz CT molecular complexity index is 444. The molecule has 1 amide bonds. The Kier molecular flexibility index (Phi) is 3.89. The Morgan fingerprint density at radius 3 is 2.44 bits per heavy atom. The second-order valence-electron chi connectivity index (χ2n) is 4.86. The van der Waals surface area contributed by atoms with Gasteiger partial charge in [-0.3, -0.25) is 4.79 Å². The molecular formula is C10H19N7O. The number of nitrogens with zero attached hydrogens (tertiary/aromatic N) is 4. The molecule has 0 radical (unpaired) electrons. The Morgan fingerprint density at radius 1 is 1.33 bits per heavy atom. The minimum atomic E-state index is -0.552. The van der Waals surface area contributed by atoms with Crippen LogP contribution in [-0.2, 0) is 4.79 Å². The molecule has 0 spiro atoms. The molecule has 0 aliphatic heterocycles. The second kappa shape index (κ2) is 5.03. The number of nitrogen functional groups attached to an aromatic ring is 1. The van der Waals surface area contributed by atoms with Crippen molar-refractivity contribution in [1.82, 2.24) is 15.0 Å². The van der Waals surface area contributed by atoms with Crippen LogP contribution in [0.1, 0.15) is 20.3 Å². The summed E-state index contributed by atoms with van der Waals surface area (Å²) in [7, 11) is 3.60. The van der Waals surface area contributed by atoms with Gasteiger partial charge in [0.15, 0.2) is 0 Å². The van der Waals surface area contributed by atoms with Crippen LogP contribution in [0.2, 0.25) is 0 Å². The van der Waals surface area contributed by atoms with E-state index in [9.17, 15) is 4.79 Å². The number of amides is 1. The summed E-state index contributed by atoms with van der Waals surface area (Å²) in [4.78, 5) is 24.8. The van der Waals surface area contributed by atoms with E-state index in [2.05, 4.69) is 20.3 Å². The maximum atomic E-state index is 10.9. The van der Waals surface area contributed by atoms with E-state index in [4.69, 9.17) is 11.5 Å². The molecule has 8 heteroatoms. The van der Waals surface area contributed by atoms with Crippen LogP contribution >= 0.6 is 0 Å². The molecule has 0 aliphatic rings. The summed E-state index contributed by atoms with van der Waals surface area (Å²) in [5, 5.41) is 3.02. The highest BCUT2D eigenvalue weighted by molar-refractivity contribution is 5.75. The SMILES string of the molecule is CN(C)c1nc(N)nc(NC(C)(C)CC(N)=O)n1. The molecule has 0 saturated carbocycles. The first-order valence-corrected chi connectivity index (χ1v) is 5.45. The number of carbonyl (C=O) groups is 1. The predicted octanol–water partition coefficient (Wildman–Crippen LogP) is -0.414. The Morgan fingerprint density at radius 2 is 1.94 bits per heavy atom. The van der Waals surface area contributed by atoms with Crippen molar-refractivity contribution >= 4 is 23.8 Å². The van der Waals surface area contributed by atoms with Gasteiger partial charge >= 0.3 is 0 Å². The van der Waals surface area contributed by atoms with Crippen LogP contribution in [-0.4, -0.2) is 40.5 Å². The van der Waals surface area contributed by atoms with E-state index >= 15 is 0 Å². The fourth-order valence-corrected chi connectivity index (χ4v) is 1.42. The third kappa shape index (κ3) is 4.04. The number of primary amides is 1. The summed E-state index contributed by atoms with van der Waals surface area (Å²) in [5.41, 5.74) is 10.2. The number of anilines is 3. The number of nitrogens with one attached hydrogen (secondary N) is 1. The molecule has 1 rings (SSSR count). The molecule has 0 saturated heterocycles. The standard InChI is InChI=1S/C10H19N7O/c1-10(2,5-6(11)18)16-8-13-7(12)14-9(15-8)17(3)4/h5H2,1-4H3,(H2,11,18)(H3,12,13,14,15,16). The molecule has 5 N–H and O–H groups in total. The van der Waals surface area contributed by atoms with Crippen LogP contribution in [0, 0.1) is 0 Å². The highest BCUT2D eigenvalue weighted by atomic mass is 16.1. The van der Waals surface area contributed by atoms with Gasteiger partial charge in [-0.2, -0.15) is 15.0 Å². The number of nitrogens with two attached hydrogens (primary N) is 2. The maximum Gasteiger partial charge on any atom is 0.231 e. The van der Waals surface area contributed by atoms with Gasteiger partial charge in [-0.15, -0.1) is 0 Å². The van der Waals surface area contributed by atoms with Crippen molar-refractivity contribution in [1.29, 1.82) is 0 Å². The summed E-state index contributed by atoms with van der Waals surface area (Å²) in [6.45, 7) is 3.65. The zero-order valence-electron chi connectivity index (χ0n) is 11.1. The van der Waals surface area contributed by atoms with E-state index in [-0.39, 0.29) is 12.4 Å². The molecule has 100 valence electrons. The van der Waals surface area contributed by atoms with Crippen LogP contribution < -0.4 is 21.7 Å². The van der Waals surface area contributed by atoms with E-state index in [1.54, 1.807) is 19.0 Å².